The van der Waals surface area contributed by atoms with Crippen molar-refractivity contribution in [1.29, 1.82) is 0 Å². The maximum Gasteiger partial charge on any atom is 0.317 e. The van der Waals surface area contributed by atoms with Crippen LogP contribution in [0, 0.1) is 0 Å². The maximum absolute atomic E-state index is 12.2. The first kappa shape index (κ1) is 14.4. The molecular weight excluding hydrogens is 260 g/mol. The van der Waals surface area contributed by atoms with Gasteiger partial charge in [0.1, 0.15) is 5.76 Å². The van der Waals surface area contributed by atoms with Crippen molar-refractivity contribution < 1.29 is 19.1 Å². The molecule has 6 heteroatoms. The molecule has 0 aromatic carbocycles. The second-order valence-corrected chi connectivity index (χ2v) is 5.22. The van der Waals surface area contributed by atoms with E-state index in [0.717, 1.165) is 18.6 Å². The van der Waals surface area contributed by atoms with E-state index in [4.69, 9.17) is 9.52 Å². The Bertz CT molecular complexity index is 458. The number of rotatable bonds is 5. The lowest BCUT2D eigenvalue weighted by molar-refractivity contribution is -0.137. The number of likely N-dealkylation sites (tertiary alicyclic amines) is 1. The van der Waals surface area contributed by atoms with Crippen LogP contribution >= 0.6 is 0 Å². The molecule has 2 heterocycles. The van der Waals surface area contributed by atoms with E-state index in [-0.39, 0.29) is 24.5 Å². The Hall–Kier alpha value is -1.98. The van der Waals surface area contributed by atoms with Gasteiger partial charge in [0, 0.05) is 25.0 Å². The van der Waals surface area contributed by atoms with Crippen LogP contribution in [0.15, 0.2) is 22.8 Å². The summed E-state index contributed by atoms with van der Waals surface area (Å²) in [5, 5.41) is 11.8. The summed E-state index contributed by atoms with van der Waals surface area (Å²) in [7, 11) is 0. The molecule has 6 nitrogen and oxygen atoms in total. The molecule has 0 bridgehead atoms. The molecule has 1 fully saturated rings. The molecule has 2 unspecified atom stereocenters. The van der Waals surface area contributed by atoms with Crippen LogP contribution in [0.5, 0.6) is 0 Å². The standard InChI is InChI=1S/C14H20N2O4/c1-10(8-12-5-3-7-20-12)15-14(19)16-6-2-4-11(16)9-13(17)18/h3,5,7,10-11H,2,4,6,8-9H2,1H3,(H,15,19)(H,17,18). The number of nitrogens with zero attached hydrogens (tertiary/aromatic N) is 1. The van der Waals surface area contributed by atoms with E-state index < -0.39 is 5.97 Å². The van der Waals surface area contributed by atoms with E-state index in [1.165, 1.54) is 0 Å². The van der Waals surface area contributed by atoms with Crippen LogP contribution < -0.4 is 5.32 Å². The first-order chi connectivity index (χ1) is 9.56. The van der Waals surface area contributed by atoms with Crippen molar-refractivity contribution in [2.45, 2.75) is 44.7 Å². The summed E-state index contributed by atoms with van der Waals surface area (Å²) < 4.78 is 5.24. The van der Waals surface area contributed by atoms with Gasteiger partial charge >= 0.3 is 12.0 Å². The van der Waals surface area contributed by atoms with Crippen molar-refractivity contribution in [3.05, 3.63) is 24.2 Å². The minimum atomic E-state index is -0.863. The van der Waals surface area contributed by atoms with Crippen molar-refractivity contribution in [2.24, 2.45) is 0 Å². The minimum Gasteiger partial charge on any atom is -0.481 e. The molecule has 20 heavy (non-hydrogen) atoms. The molecule has 110 valence electrons. The Morgan fingerprint density at radius 2 is 2.40 bits per heavy atom. The Balaban J connectivity index is 1.85. The number of nitrogens with one attached hydrogen (secondary N) is 1. The fourth-order valence-electron chi connectivity index (χ4n) is 2.59. The number of urea groups is 1. The average Bonchev–Trinajstić information content (AvgIpc) is 2.99. The predicted octanol–water partition coefficient (Wildman–Crippen LogP) is 1.86. The smallest absolute Gasteiger partial charge is 0.317 e. The van der Waals surface area contributed by atoms with Gasteiger partial charge in [-0.15, -0.1) is 0 Å². The van der Waals surface area contributed by atoms with E-state index >= 15 is 0 Å². The van der Waals surface area contributed by atoms with Crippen LogP contribution in [0.25, 0.3) is 0 Å². The predicted molar refractivity (Wildman–Crippen MR) is 72.4 cm³/mol. The molecule has 1 aliphatic heterocycles. The maximum atomic E-state index is 12.2. The van der Waals surface area contributed by atoms with Crippen LogP contribution in [-0.2, 0) is 11.2 Å². The second kappa shape index (κ2) is 6.45. The van der Waals surface area contributed by atoms with Gasteiger partial charge in [-0.2, -0.15) is 0 Å². The topological polar surface area (TPSA) is 82.8 Å². The summed E-state index contributed by atoms with van der Waals surface area (Å²) in [6.07, 6.45) is 3.85. The van der Waals surface area contributed by atoms with Crippen LogP contribution in [0.4, 0.5) is 4.79 Å². The lowest BCUT2D eigenvalue weighted by Gasteiger charge is -2.25. The number of hydrogen-bond acceptors (Lipinski definition) is 3. The van der Waals surface area contributed by atoms with Crippen molar-refractivity contribution in [1.82, 2.24) is 10.2 Å². The molecule has 2 N–H and O–H groups in total. The first-order valence-corrected chi connectivity index (χ1v) is 6.87. The van der Waals surface area contributed by atoms with Gasteiger partial charge in [-0.25, -0.2) is 4.79 Å². The van der Waals surface area contributed by atoms with Crippen molar-refractivity contribution in [2.75, 3.05) is 6.54 Å². The number of carbonyl (C=O) groups is 2. The van der Waals surface area contributed by atoms with Gasteiger partial charge in [0.25, 0.3) is 0 Å². The first-order valence-electron chi connectivity index (χ1n) is 6.87. The lowest BCUT2D eigenvalue weighted by Crippen LogP contribution is -2.47. The molecule has 2 amide bonds. The SMILES string of the molecule is CC(Cc1ccco1)NC(=O)N1CCCC1CC(=O)O. The number of hydrogen-bond donors (Lipinski definition) is 2. The largest absolute Gasteiger partial charge is 0.481 e. The van der Waals surface area contributed by atoms with Crippen LogP contribution in [0.1, 0.15) is 31.9 Å². The number of furan rings is 1. The Labute approximate surface area is 117 Å². The molecular formula is C14H20N2O4. The number of aliphatic carboxylic acids is 1. The highest BCUT2D eigenvalue weighted by Gasteiger charge is 2.30. The third-order valence-corrected chi connectivity index (χ3v) is 3.51. The molecule has 1 aromatic rings. The quantitative estimate of drug-likeness (QED) is 0.862. The van der Waals surface area contributed by atoms with Gasteiger partial charge in [-0.1, -0.05) is 0 Å². The zero-order valence-corrected chi connectivity index (χ0v) is 11.5. The highest BCUT2D eigenvalue weighted by Crippen LogP contribution is 2.20. The van der Waals surface area contributed by atoms with E-state index in [2.05, 4.69) is 5.32 Å². The number of carboxylic acid groups (broad SMARTS) is 1. The Morgan fingerprint density at radius 1 is 1.60 bits per heavy atom. The molecule has 0 saturated carbocycles. The summed E-state index contributed by atoms with van der Waals surface area (Å²) >= 11 is 0. The highest BCUT2D eigenvalue weighted by atomic mass is 16.4. The van der Waals surface area contributed by atoms with E-state index in [0.29, 0.717) is 13.0 Å². The lowest BCUT2D eigenvalue weighted by atomic mass is 10.1. The molecule has 0 spiro atoms. The third kappa shape index (κ3) is 3.76. The molecule has 2 atom stereocenters. The zero-order chi connectivity index (χ0) is 14.5. The molecule has 2 rings (SSSR count). The Morgan fingerprint density at radius 3 is 3.05 bits per heavy atom. The molecule has 1 aliphatic rings. The van der Waals surface area contributed by atoms with Crippen LogP contribution in [-0.4, -0.2) is 40.6 Å². The number of amides is 2. The van der Waals surface area contributed by atoms with Gasteiger partial charge in [0.15, 0.2) is 0 Å². The molecule has 1 aromatic heterocycles. The highest BCUT2D eigenvalue weighted by molar-refractivity contribution is 5.76. The van der Waals surface area contributed by atoms with Gasteiger partial charge in [0.05, 0.1) is 12.7 Å². The number of carboxylic acids is 1. The van der Waals surface area contributed by atoms with Gasteiger partial charge in [-0.3, -0.25) is 4.79 Å². The fraction of sp³-hybridized carbons (Fsp3) is 0.571. The normalized spacial score (nSPS) is 19.9. The van der Waals surface area contributed by atoms with Crippen molar-refractivity contribution >= 4 is 12.0 Å². The third-order valence-electron chi connectivity index (χ3n) is 3.51. The van der Waals surface area contributed by atoms with Gasteiger partial charge in [0.2, 0.25) is 0 Å². The van der Waals surface area contributed by atoms with Crippen molar-refractivity contribution in [3.63, 3.8) is 0 Å². The zero-order valence-electron chi connectivity index (χ0n) is 11.5. The van der Waals surface area contributed by atoms with Crippen LogP contribution in [0.2, 0.25) is 0 Å². The second-order valence-electron chi connectivity index (χ2n) is 5.22. The summed E-state index contributed by atoms with van der Waals surface area (Å²) in [5.74, 6) is -0.0420. The molecule has 0 aliphatic carbocycles. The monoisotopic (exact) mass is 280 g/mol. The average molecular weight is 280 g/mol. The van der Waals surface area contributed by atoms with E-state index in [9.17, 15) is 9.59 Å². The number of carbonyl (C=O) groups excluding carboxylic acids is 1. The molecule has 1 saturated heterocycles. The van der Waals surface area contributed by atoms with Gasteiger partial charge in [-0.05, 0) is 31.9 Å². The summed E-state index contributed by atoms with van der Waals surface area (Å²) in [4.78, 5) is 24.6. The van der Waals surface area contributed by atoms with Crippen molar-refractivity contribution in [3.8, 4) is 0 Å². The summed E-state index contributed by atoms with van der Waals surface area (Å²) in [6.45, 7) is 2.53. The summed E-state index contributed by atoms with van der Waals surface area (Å²) in [6, 6.07) is 3.25. The van der Waals surface area contributed by atoms with E-state index in [1.54, 1.807) is 11.2 Å². The minimum absolute atomic E-state index is 0.0139. The molecule has 0 radical (unpaired) electrons. The fourth-order valence-corrected chi connectivity index (χ4v) is 2.59. The Kier molecular flexibility index (Phi) is 4.65. The van der Waals surface area contributed by atoms with Gasteiger partial charge < -0.3 is 19.7 Å². The summed E-state index contributed by atoms with van der Waals surface area (Å²) in [5.41, 5.74) is 0. The van der Waals surface area contributed by atoms with Crippen LogP contribution in [0.3, 0.4) is 0 Å². The van der Waals surface area contributed by atoms with E-state index in [1.807, 2.05) is 19.1 Å².